The van der Waals surface area contributed by atoms with Crippen molar-refractivity contribution in [3.8, 4) is 5.75 Å². The summed E-state index contributed by atoms with van der Waals surface area (Å²) in [6.07, 6.45) is 4.17. The van der Waals surface area contributed by atoms with Crippen LogP contribution in [0.25, 0.3) is 0 Å². The Bertz CT molecular complexity index is 438. The van der Waals surface area contributed by atoms with Crippen LogP contribution in [0.15, 0.2) is 6.20 Å². The van der Waals surface area contributed by atoms with Crippen LogP contribution in [0.2, 0.25) is 0 Å². The van der Waals surface area contributed by atoms with Crippen LogP contribution in [-0.4, -0.2) is 21.6 Å². The maximum atomic E-state index is 6.02. The molecule has 1 N–H and O–H groups in total. The molecule has 0 radical (unpaired) electrons. The van der Waals surface area contributed by atoms with Gasteiger partial charge in [0.25, 0.3) is 0 Å². The molecule has 0 spiro atoms. The maximum absolute atomic E-state index is 6.02. The zero-order chi connectivity index (χ0) is 16.0. The van der Waals surface area contributed by atoms with Gasteiger partial charge in [-0.1, -0.05) is 27.2 Å². The molecule has 1 rings (SSSR count). The van der Waals surface area contributed by atoms with Crippen LogP contribution in [0, 0.1) is 0 Å². The van der Waals surface area contributed by atoms with Gasteiger partial charge < -0.3 is 10.1 Å². The highest BCUT2D eigenvalue weighted by Crippen LogP contribution is 2.21. The second-order valence-electron chi connectivity index (χ2n) is 7.01. The van der Waals surface area contributed by atoms with Crippen LogP contribution in [-0.2, 0) is 6.54 Å². The van der Waals surface area contributed by atoms with Crippen LogP contribution in [0.3, 0.4) is 0 Å². The summed E-state index contributed by atoms with van der Waals surface area (Å²) in [5.74, 6) is 1.99. The lowest BCUT2D eigenvalue weighted by Crippen LogP contribution is -2.35. The summed E-state index contributed by atoms with van der Waals surface area (Å²) in [5, 5.41) is 3.48. The van der Waals surface area contributed by atoms with Gasteiger partial charge in [0.2, 0.25) is 0 Å². The Morgan fingerprint density at radius 3 is 2.43 bits per heavy atom. The molecular formula is C17H31N3O. The van der Waals surface area contributed by atoms with Gasteiger partial charge in [-0.25, -0.2) is 9.97 Å². The van der Waals surface area contributed by atoms with Crippen molar-refractivity contribution in [1.82, 2.24) is 15.3 Å². The first-order valence-corrected chi connectivity index (χ1v) is 8.00. The summed E-state index contributed by atoms with van der Waals surface area (Å²) >= 11 is 0. The first-order valence-electron chi connectivity index (χ1n) is 8.00. The number of ether oxygens (including phenoxy) is 1. The monoisotopic (exact) mass is 293 g/mol. The summed E-state index contributed by atoms with van der Waals surface area (Å²) in [5.41, 5.74) is 1.00. The number of rotatable bonds is 7. The van der Waals surface area contributed by atoms with Gasteiger partial charge in [-0.3, -0.25) is 0 Å². The standard InChI is InChI=1S/C17H31N3O/c1-8-9-13(4)21-15-11-18-16(12(2)3)20-14(15)10-19-17(5,6)7/h11-13,19H,8-10H2,1-7H3. The molecule has 0 bridgehead atoms. The Balaban J connectivity index is 2.94. The van der Waals surface area contributed by atoms with Crippen LogP contribution in [0.5, 0.6) is 5.75 Å². The lowest BCUT2D eigenvalue weighted by Gasteiger charge is -2.22. The van der Waals surface area contributed by atoms with E-state index in [9.17, 15) is 0 Å². The quantitative estimate of drug-likeness (QED) is 0.823. The van der Waals surface area contributed by atoms with Crippen LogP contribution in [0.4, 0.5) is 0 Å². The second kappa shape index (κ2) is 7.74. The smallest absolute Gasteiger partial charge is 0.160 e. The van der Waals surface area contributed by atoms with Crippen molar-refractivity contribution in [2.75, 3.05) is 0 Å². The van der Waals surface area contributed by atoms with Crippen LogP contribution < -0.4 is 10.1 Å². The molecule has 120 valence electrons. The van der Waals surface area contributed by atoms with E-state index in [1.165, 1.54) is 0 Å². The van der Waals surface area contributed by atoms with E-state index in [2.05, 4.69) is 63.8 Å². The number of hydrogen-bond donors (Lipinski definition) is 1. The van der Waals surface area contributed by atoms with Gasteiger partial charge in [0.05, 0.1) is 18.0 Å². The van der Waals surface area contributed by atoms with Gasteiger partial charge in [0.15, 0.2) is 5.75 Å². The zero-order valence-corrected chi connectivity index (χ0v) is 14.7. The van der Waals surface area contributed by atoms with E-state index in [1.54, 1.807) is 0 Å². The van der Waals surface area contributed by atoms with Gasteiger partial charge in [-0.05, 0) is 34.1 Å². The zero-order valence-electron chi connectivity index (χ0n) is 14.7. The Kier molecular flexibility index (Phi) is 6.59. The van der Waals surface area contributed by atoms with Gasteiger partial charge >= 0.3 is 0 Å². The third-order valence-electron chi connectivity index (χ3n) is 3.17. The fourth-order valence-electron chi connectivity index (χ4n) is 1.96. The number of aromatic nitrogens is 2. The van der Waals surface area contributed by atoms with E-state index in [4.69, 9.17) is 4.74 Å². The predicted octanol–water partition coefficient (Wildman–Crippen LogP) is 4.06. The summed E-state index contributed by atoms with van der Waals surface area (Å²) in [4.78, 5) is 9.12. The molecule has 0 fully saturated rings. The van der Waals surface area contributed by atoms with E-state index in [0.717, 1.165) is 30.1 Å². The predicted molar refractivity (Wildman–Crippen MR) is 87.7 cm³/mol. The lowest BCUT2D eigenvalue weighted by atomic mass is 10.1. The SMILES string of the molecule is CCCC(C)Oc1cnc(C(C)C)nc1CNC(C)(C)C. The Morgan fingerprint density at radius 1 is 1.24 bits per heavy atom. The summed E-state index contributed by atoms with van der Waals surface area (Å²) in [6, 6.07) is 0. The molecule has 0 aromatic carbocycles. The molecule has 0 aliphatic heterocycles. The molecule has 1 aromatic rings. The van der Waals surface area contributed by atoms with E-state index in [-0.39, 0.29) is 11.6 Å². The van der Waals surface area contributed by atoms with E-state index < -0.39 is 0 Å². The van der Waals surface area contributed by atoms with Gasteiger partial charge in [-0.15, -0.1) is 0 Å². The molecule has 0 aliphatic rings. The van der Waals surface area contributed by atoms with Crippen molar-refractivity contribution in [2.45, 2.75) is 85.4 Å². The Hall–Kier alpha value is -1.16. The van der Waals surface area contributed by atoms with Gasteiger partial charge in [0.1, 0.15) is 5.82 Å². The second-order valence-corrected chi connectivity index (χ2v) is 7.01. The lowest BCUT2D eigenvalue weighted by molar-refractivity contribution is 0.204. The topological polar surface area (TPSA) is 47.0 Å². The normalized spacial score (nSPS) is 13.5. The molecule has 4 nitrogen and oxygen atoms in total. The molecule has 4 heteroatoms. The molecule has 0 amide bonds. The fourth-order valence-corrected chi connectivity index (χ4v) is 1.96. The van der Waals surface area contributed by atoms with Crippen molar-refractivity contribution >= 4 is 0 Å². The number of hydrogen-bond acceptors (Lipinski definition) is 4. The highest BCUT2D eigenvalue weighted by Gasteiger charge is 2.16. The highest BCUT2D eigenvalue weighted by molar-refractivity contribution is 5.26. The van der Waals surface area contributed by atoms with E-state index in [0.29, 0.717) is 12.5 Å². The van der Waals surface area contributed by atoms with Crippen molar-refractivity contribution in [2.24, 2.45) is 0 Å². The molecule has 1 aromatic heterocycles. The first-order chi connectivity index (χ1) is 9.73. The minimum atomic E-state index is 0.0508. The van der Waals surface area contributed by atoms with Gasteiger partial charge in [0, 0.05) is 18.0 Å². The molecule has 1 heterocycles. The number of nitrogens with one attached hydrogen (secondary N) is 1. The molecule has 0 saturated heterocycles. The van der Waals surface area contributed by atoms with Crippen LogP contribution >= 0.6 is 0 Å². The molecule has 0 aliphatic carbocycles. The van der Waals surface area contributed by atoms with Crippen molar-refractivity contribution in [3.63, 3.8) is 0 Å². The molecule has 1 unspecified atom stereocenters. The Labute approximate surface area is 129 Å². The largest absolute Gasteiger partial charge is 0.487 e. The third kappa shape index (κ3) is 6.42. The van der Waals surface area contributed by atoms with Gasteiger partial charge in [-0.2, -0.15) is 0 Å². The fraction of sp³-hybridized carbons (Fsp3) is 0.765. The minimum Gasteiger partial charge on any atom is -0.487 e. The summed E-state index contributed by atoms with van der Waals surface area (Å²) in [7, 11) is 0. The van der Waals surface area contributed by atoms with E-state index in [1.807, 2.05) is 6.20 Å². The number of nitrogens with zero attached hydrogens (tertiary/aromatic N) is 2. The third-order valence-corrected chi connectivity index (χ3v) is 3.17. The van der Waals surface area contributed by atoms with Crippen molar-refractivity contribution in [3.05, 3.63) is 17.7 Å². The van der Waals surface area contributed by atoms with Crippen molar-refractivity contribution in [1.29, 1.82) is 0 Å². The Morgan fingerprint density at radius 2 is 1.90 bits per heavy atom. The van der Waals surface area contributed by atoms with E-state index >= 15 is 0 Å². The average molecular weight is 293 g/mol. The maximum Gasteiger partial charge on any atom is 0.160 e. The summed E-state index contributed by atoms with van der Waals surface area (Å²) < 4.78 is 6.02. The molecule has 0 saturated carbocycles. The molecule has 1 atom stereocenters. The minimum absolute atomic E-state index is 0.0508. The molecular weight excluding hydrogens is 262 g/mol. The average Bonchev–Trinajstić information content (AvgIpc) is 2.36. The summed E-state index contributed by atoms with van der Waals surface area (Å²) in [6.45, 7) is 15.6. The first kappa shape index (κ1) is 17.9. The van der Waals surface area contributed by atoms with Crippen LogP contribution in [0.1, 0.15) is 78.7 Å². The molecule has 21 heavy (non-hydrogen) atoms. The highest BCUT2D eigenvalue weighted by atomic mass is 16.5. The van der Waals surface area contributed by atoms with Crippen molar-refractivity contribution < 1.29 is 4.74 Å².